The molecule has 74 valence electrons. The topological polar surface area (TPSA) is 74.9 Å². The van der Waals surface area contributed by atoms with Crippen LogP contribution in [0.15, 0.2) is 18.5 Å². The summed E-state index contributed by atoms with van der Waals surface area (Å²) in [6, 6.07) is 3.59. The number of aliphatic hydroxyl groups excluding tert-OH is 1. The average Bonchev–Trinajstić information content (AvgIpc) is 2.62. The van der Waals surface area contributed by atoms with E-state index in [0.29, 0.717) is 0 Å². The average molecular weight is 191 g/mol. The molecule has 0 spiro atoms. The third-order valence-electron chi connectivity index (χ3n) is 2.40. The molecular weight excluding hydrogens is 178 g/mol. The molecule has 0 aliphatic rings. The summed E-state index contributed by atoms with van der Waals surface area (Å²) in [6.45, 7) is 1.93. The van der Waals surface area contributed by atoms with Crippen LogP contribution in [0.1, 0.15) is 17.2 Å². The Morgan fingerprint density at radius 3 is 3.07 bits per heavy atom. The molecule has 1 heterocycles. The Hall–Kier alpha value is -1.39. The quantitative estimate of drug-likeness (QED) is 0.659. The molecule has 0 aliphatic heterocycles. The van der Waals surface area contributed by atoms with Crippen molar-refractivity contribution in [2.24, 2.45) is 5.73 Å². The van der Waals surface area contributed by atoms with Crippen LogP contribution in [0.5, 0.6) is 0 Å². The van der Waals surface area contributed by atoms with Crippen LogP contribution < -0.4 is 5.73 Å². The summed E-state index contributed by atoms with van der Waals surface area (Å²) >= 11 is 0. The maximum Gasteiger partial charge on any atom is 0.0931 e. The molecule has 0 fully saturated rings. The van der Waals surface area contributed by atoms with Crippen LogP contribution in [0.2, 0.25) is 0 Å². The molecule has 0 saturated carbocycles. The van der Waals surface area contributed by atoms with Gasteiger partial charge in [-0.1, -0.05) is 0 Å². The fourth-order valence-electron chi connectivity index (χ4n) is 1.60. The van der Waals surface area contributed by atoms with Crippen molar-refractivity contribution in [2.75, 3.05) is 6.61 Å². The van der Waals surface area contributed by atoms with Gasteiger partial charge in [-0.3, -0.25) is 0 Å². The maximum atomic E-state index is 8.98. The lowest BCUT2D eigenvalue weighted by Crippen LogP contribution is -2.15. The Bertz CT molecular complexity index is 450. The minimum atomic E-state index is -0.323. The highest BCUT2D eigenvalue weighted by Gasteiger charge is 2.09. The Morgan fingerprint density at radius 2 is 2.36 bits per heavy atom. The van der Waals surface area contributed by atoms with Crippen LogP contribution in [0.25, 0.3) is 11.0 Å². The lowest BCUT2D eigenvalue weighted by Gasteiger charge is -2.11. The smallest absolute Gasteiger partial charge is 0.0931 e. The van der Waals surface area contributed by atoms with Crippen LogP contribution in [0.3, 0.4) is 0 Å². The van der Waals surface area contributed by atoms with E-state index in [-0.39, 0.29) is 12.6 Å². The summed E-state index contributed by atoms with van der Waals surface area (Å²) in [7, 11) is 0. The molecule has 2 rings (SSSR count). The van der Waals surface area contributed by atoms with Gasteiger partial charge in [0.25, 0.3) is 0 Å². The van der Waals surface area contributed by atoms with Crippen molar-refractivity contribution < 1.29 is 5.11 Å². The Balaban J connectivity index is 2.58. The van der Waals surface area contributed by atoms with E-state index in [1.165, 1.54) is 0 Å². The molecular formula is C10H13N3O. The SMILES string of the molecule is Cc1cc2[nH]cnc2cc1C(N)CO. The van der Waals surface area contributed by atoms with Crippen molar-refractivity contribution in [1.29, 1.82) is 0 Å². The fourth-order valence-corrected chi connectivity index (χ4v) is 1.60. The lowest BCUT2D eigenvalue weighted by atomic mass is 10.0. The number of nitrogens with one attached hydrogen (secondary N) is 1. The second-order valence-electron chi connectivity index (χ2n) is 3.42. The Morgan fingerprint density at radius 1 is 1.57 bits per heavy atom. The van der Waals surface area contributed by atoms with E-state index in [1.54, 1.807) is 6.33 Å². The van der Waals surface area contributed by atoms with E-state index in [9.17, 15) is 0 Å². The molecule has 4 heteroatoms. The van der Waals surface area contributed by atoms with Crippen molar-refractivity contribution in [3.05, 3.63) is 29.6 Å². The largest absolute Gasteiger partial charge is 0.394 e. The number of aryl methyl sites for hydroxylation is 1. The van der Waals surface area contributed by atoms with Crippen molar-refractivity contribution in [1.82, 2.24) is 9.97 Å². The van der Waals surface area contributed by atoms with Crippen LogP contribution in [0, 0.1) is 6.92 Å². The van der Waals surface area contributed by atoms with Crippen LogP contribution in [-0.2, 0) is 0 Å². The molecule has 0 bridgehead atoms. The molecule has 0 saturated heterocycles. The van der Waals surface area contributed by atoms with Crippen molar-refractivity contribution in [3.8, 4) is 0 Å². The van der Waals surface area contributed by atoms with Gasteiger partial charge in [0.2, 0.25) is 0 Å². The van der Waals surface area contributed by atoms with Crippen LogP contribution in [-0.4, -0.2) is 21.7 Å². The van der Waals surface area contributed by atoms with Crippen molar-refractivity contribution in [2.45, 2.75) is 13.0 Å². The molecule has 1 unspecified atom stereocenters. The highest BCUT2D eigenvalue weighted by atomic mass is 16.3. The highest BCUT2D eigenvalue weighted by molar-refractivity contribution is 5.76. The third kappa shape index (κ3) is 1.38. The lowest BCUT2D eigenvalue weighted by molar-refractivity contribution is 0.267. The number of fused-ring (bicyclic) bond motifs is 1. The molecule has 0 radical (unpaired) electrons. The fraction of sp³-hybridized carbons (Fsp3) is 0.300. The molecule has 4 nitrogen and oxygen atoms in total. The summed E-state index contributed by atoms with van der Waals surface area (Å²) in [5.74, 6) is 0. The van der Waals surface area contributed by atoms with Gasteiger partial charge in [0.1, 0.15) is 0 Å². The zero-order valence-corrected chi connectivity index (χ0v) is 7.99. The summed E-state index contributed by atoms with van der Waals surface area (Å²) in [6.07, 6.45) is 1.65. The number of nitrogens with zero attached hydrogens (tertiary/aromatic N) is 1. The maximum absolute atomic E-state index is 8.98. The Labute approximate surface area is 81.8 Å². The molecule has 0 aliphatic carbocycles. The first kappa shape index (κ1) is 9.18. The number of H-pyrrole nitrogens is 1. The number of aliphatic hydroxyl groups is 1. The van der Waals surface area contributed by atoms with Gasteiger partial charge >= 0.3 is 0 Å². The van der Waals surface area contributed by atoms with Gasteiger partial charge in [0.15, 0.2) is 0 Å². The van der Waals surface area contributed by atoms with Gasteiger partial charge in [0.05, 0.1) is 30.0 Å². The van der Waals surface area contributed by atoms with E-state index in [0.717, 1.165) is 22.2 Å². The van der Waals surface area contributed by atoms with E-state index in [4.69, 9.17) is 10.8 Å². The number of hydrogen-bond acceptors (Lipinski definition) is 3. The molecule has 0 amide bonds. The van der Waals surface area contributed by atoms with E-state index in [2.05, 4.69) is 9.97 Å². The minimum absolute atomic E-state index is 0.0449. The summed E-state index contributed by atoms with van der Waals surface area (Å²) in [5.41, 5.74) is 9.67. The van der Waals surface area contributed by atoms with Crippen LogP contribution in [0.4, 0.5) is 0 Å². The zero-order chi connectivity index (χ0) is 10.1. The molecule has 1 atom stereocenters. The number of aromatic nitrogens is 2. The van der Waals surface area contributed by atoms with Gasteiger partial charge in [-0.05, 0) is 30.2 Å². The summed E-state index contributed by atoms with van der Waals surface area (Å²) in [5, 5.41) is 8.98. The second-order valence-corrected chi connectivity index (χ2v) is 3.42. The normalized spacial score (nSPS) is 13.4. The third-order valence-corrected chi connectivity index (χ3v) is 2.40. The van der Waals surface area contributed by atoms with Gasteiger partial charge in [-0.2, -0.15) is 0 Å². The van der Waals surface area contributed by atoms with E-state index in [1.807, 2.05) is 19.1 Å². The van der Waals surface area contributed by atoms with Gasteiger partial charge in [-0.25, -0.2) is 4.98 Å². The molecule has 14 heavy (non-hydrogen) atoms. The second kappa shape index (κ2) is 3.40. The molecule has 1 aromatic heterocycles. The van der Waals surface area contributed by atoms with Crippen molar-refractivity contribution >= 4 is 11.0 Å². The monoisotopic (exact) mass is 191 g/mol. The summed E-state index contributed by atoms with van der Waals surface area (Å²) < 4.78 is 0. The molecule has 4 N–H and O–H groups in total. The predicted octanol–water partition coefficient (Wildman–Crippen LogP) is 0.863. The number of rotatable bonds is 2. The standard InChI is InChI=1S/C10H13N3O/c1-6-2-9-10(13-5-12-9)3-7(6)8(11)4-14/h2-3,5,8,14H,4,11H2,1H3,(H,12,13). The van der Waals surface area contributed by atoms with Gasteiger partial charge in [-0.15, -0.1) is 0 Å². The first-order valence-electron chi connectivity index (χ1n) is 4.52. The number of benzene rings is 1. The number of nitrogens with two attached hydrogens (primary N) is 1. The van der Waals surface area contributed by atoms with E-state index < -0.39 is 0 Å². The number of aromatic amines is 1. The number of imidazole rings is 1. The van der Waals surface area contributed by atoms with Crippen molar-refractivity contribution in [3.63, 3.8) is 0 Å². The first-order valence-corrected chi connectivity index (χ1v) is 4.52. The Kier molecular flexibility index (Phi) is 2.23. The van der Waals surface area contributed by atoms with Gasteiger partial charge in [0, 0.05) is 0 Å². The highest BCUT2D eigenvalue weighted by Crippen LogP contribution is 2.20. The first-order chi connectivity index (χ1) is 6.72. The zero-order valence-electron chi connectivity index (χ0n) is 7.99. The van der Waals surface area contributed by atoms with Gasteiger partial charge < -0.3 is 15.8 Å². The van der Waals surface area contributed by atoms with E-state index >= 15 is 0 Å². The summed E-state index contributed by atoms with van der Waals surface area (Å²) in [4.78, 5) is 7.17. The minimum Gasteiger partial charge on any atom is -0.394 e. The predicted molar refractivity (Wildman–Crippen MR) is 54.8 cm³/mol. The molecule has 1 aromatic carbocycles. The van der Waals surface area contributed by atoms with Crippen LogP contribution >= 0.6 is 0 Å². The number of hydrogen-bond donors (Lipinski definition) is 3. The molecule has 2 aromatic rings.